The van der Waals surface area contributed by atoms with Gasteiger partial charge < -0.3 is 10.1 Å². The third-order valence-corrected chi connectivity index (χ3v) is 4.49. The quantitative estimate of drug-likeness (QED) is 0.770. The second-order valence-corrected chi connectivity index (χ2v) is 6.08. The predicted octanol–water partition coefficient (Wildman–Crippen LogP) is 4.87. The molecule has 0 amide bonds. The lowest BCUT2D eigenvalue weighted by Crippen LogP contribution is -1.96. The van der Waals surface area contributed by atoms with E-state index >= 15 is 0 Å². The van der Waals surface area contributed by atoms with Crippen molar-refractivity contribution in [3.63, 3.8) is 0 Å². The normalized spacial score (nSPS) is 14.6. The lowest BCUT2D eigenvalue weighted by Gasteiger charge is -2.04. The van der Waals surface area contributed by atoms with Gasteiger partial charge in [0.2, 0.25) is 5.88 Å². The summed E-state index contributed by atoms with van der Waals surface area (Å²) >= 11 is 5.32. The van der Waals surface area contributed by atoms with E-state index in [0.29, 0.717) is 10.5 Å². The molecule has 0 radical (unpaired) electrons. The number of nitrogens with zero attached hydrogens (tertiary/aromatic N) is 2. The summed E-state index contributed by atoms with van der Waals surface area (Å²) in [7, 11) is 0. The van der Waals surface area contributed by atoms with Crippen molar-refractivity contribution >= 4 is 35.8 Å². The third kappa shape index (κ3) is 2.88. The highest BCUT2D eigenvalue weighted by Crippen LogP contribution is 2.36. The van der Waals surface area contributed by atoms with E-state index in [0.717, 1.165) is 42.6 Å². The lowest BCUT2D eigenvalue weighted by molar-refractivity contribution is 0.410. The van der Waals surface area contributed by atoms with Gasteiger partial charge >= 0.3 is 0 Å². The molecule has 2 heterocycles. The second kappa shape index (κ2) is 6.54. The molecule has 0 fully saturated rings. The maximum Gasteiger partial charge on any atom is 0.217 e. The van der Waals surface area contributed by atoms with Crippen LogP contribution in [0.1, 0.15) is 43.5 Å². The minimum absolute atomic E-state index is 0.199. The van der Waals surface area contributed by atoms with Gasteiger partial charge in [-0.05, 0) is 36.7 Å². The number of hydrogen-bond acceptors (Lipinski definition) is 3. The van der Waals surface area contributed by atoms with Gasteiger partial charge in [0, 0.05) is 23.9 Å². The van der Waals surface area contributed by atoms with Crippen LogP contribution >= 0.6 is 12.2 Å². The van der Waals surface area contributed by atoms with E-state index in [9.17, 15) is 5.11 Å². The molecule has 1 aromatic heterocycles. The highest BCUT2D eigenvalue weighted by molar-refractivity contribution is 7.71. The van der Waals surface area contributed by atoms with Crippen molar-refractivity contribution in [2.75, 3.05) is 0 Å². The SMILES string of the molecule is CCCCn1c(O)c(C=C2C=Nc3c(CC)cccc32)[nH]c1=S. The Morgan fingerprint density at radius 2 is 2.17 bits per heavy atom. The average Bonchev–Trinajstić information content (AvgIpc) is 3.08. The number of aryl methyl sites for hydroxylation is 1. The number of fused-ring (bicyclic) bond motifs is 1. The van der Waals surface area contributed by atoms with Crippen LogP contribution in [0.4, 0.5) is 5.69 Å². The average molecular weight is 327 g/mol. The molecule has 1 aliphatic rings. The fourth-order valence-electron chi connectivity index (χ4n) is 2.84. The van der Waals surface area contributed by atoms with Gasteiger partial charge in [-0.2, -0.15) is 0 Å². The molecule has 4 nitrogen and oxygen atoms in total. The number of allylic oxidation sites excluding steroid dienone is 1. The molecule has 0 spiro atoms. The zero-order chi connectivity index (χ0) is 16.4. The van der Waals surface area contributed by atoms with E-state index in [2.05, 4.69) is 42.0 Å². The van der Waals surface area contributed by atoms with Crippen LogP contribution in [0.5, 0.6) is 5.88 Å². The van der Waals surface area contributed by atoms with Gasteiger partial charge in [0.05, 0.1) is 5.69 Å². The van der Waals surface area contributed by atoms with Gasteiger partial charge in [0.1, 0.15) is 5.69 Å². The zero-order valence-corrected chi connectivity index (χ0v) is 14.3. The van der Waals surface area contributed by atoms with E-state index in [1.165, 1.54) is 5.56 Å². The fourth-order valence-corrected chi connectivity index (χ4v) is 3.13. The standard InChI is InChI=1S/C18H21N3OS/c1-3-5-9-21-17(22)15(20-18(21)23)10-13-11-19-16-12(4-2)7-6-8-14(13)16/h6-8,10-11,22H,3-5,9H2,1-2H3,(H,20,23). The molecule has 2 N–H and O–H groups in total. The van der Waals surface area contributed by atoms with Crippen LogP contribution < -0.4 is 0 Å². The smallest absolute Gasteiger partial charge is 0.217 e. The van der Waals surface area contributed by atoms with Crippen LogP contribution in [0.3, 0.4) is 0 Å². The summed E-state index contributed by atoms with van der Waals surface area (Å²) in [6.07, 6.45) is 6.77. The van der Waals surface area contributed by atoms with E-state index in [-0.39, 0.29) is 5.88 Å². The molecule has 1 aromatic carbocycles. The van der Waals surface area contributed by atoms with Crippen molar-refractivity contribution in [2.24, 2.45) is 4.99 Å². The van der Waals surface area contributed by atoms with E-state index in [1.807, 2.05) is 12.3 Å². The molecular formula is C18H21N3OS. The summed E-state index contributed by atoms with van der Waals surface area (Å²) in [5.41, 5.74) is 5.00. The Balaban J connectivity index is 2.00. The number of imidazole rings is 1. The number of aliphatic imine (C=N–C) groups is 1. The summed E-state index contributed by atoms with van der Waals surface area (Å²) in [4.78, 5) is 7.63. The Kier molecular flexibility index (Phi) is 4.48. The summed E-state index contributed by atoms with van der Waals surface area (Å²) in [6.45, 7) is 4.97. The number of para-hydroxylation sites is 1. The monoisotopic (exact) mass is 327 g/mol. The molecule has 120 valence electrons. The molecule has 5 heteroatoms. The maximum atomic E-state index is 10.4. The summed E-state index contributed by atoms with van der Waals surface area (Å²) in [6, 6.07) is 6.22. The molecule has 0 bridgehead atoms. The van der Waals surface area contributed by atoms with Crippen molar-refractivity contribution in [2.45, 2.75) is 39.7 Å². The van der Waals surface area contributed by atoms with Crippen LogP contribution in [-0.2, 0) is 13.0 Å². The van der Waals surface area contributed by atoms with Gasteiger partial charge in [-0.1, -0.05) is 38.5 Å². The van der Waals surface area contributed by atoms with Crippen LogP contribution in [0.25, 0.3) is 11.6 Å². The maximum absolute atomic E-state index is 10.4. The summed E-state index contributed by atoms with van der Waals surface area (Å²) < 4.78 is 2.31. The van der Waals surface area contributed by atoms with E-state index in [4.69, 9.17) is 12.2 Å². The summed E-state index contributed by atoms with van der Waals surface area (Å²) in [5, 5.41) is 10.4. The zero-order valence-electron chi connectivity index (χ0n) is 13.5. The van der Waals surface area contributed by atoms with Crippen LogP contribution in [0.15, 0.2) is 23.2 Å². The molecule has 0 atom stereocenters. The van der Waals surface area contributed by atoms with Crippen LogP contribution in [0.2, 0.25) is 0 Å². The number of H-pyrrole nitrogens is 1. The van der Waals surface area contributed by atoms with Gasteiger partial charge in [-0.25, -0.2) is 0 Å². The summed E-state index contributed by atoms with van der Waals surface area (Å²) in [5.74, 6) is 0.199. The van der Waals surface area contributed by atoms with Crippen LogP contribution in [-0.4, -0.2) is 20.9 Å². The van der Waals surface area contributed by atoms with Crippen molar-refractivity contribution < 1.29 is 5.11 Å². The molecule has 0 saturated heterocycles. The molecule has 1 aliphatic heterocycles. The van der Waals surface area contributed by atoms with Crippen molar-refractivity contribution in [3.05, 3.63) is 39.8 Å². The third-order valence-electron chi connectivity index (χ3n) is 4.16. The van der Waals surface area contributed by atoms with Gasteiger partial charge in [-0.3, -0.25) is 9.56 Å². The number of benzene rings is 1. The number of hydrogen-bond donors (Lipinski definition) is 2. The Morgan fingerprint density at radius 3 is 2.91 bits per heavy atom. The Hall–Kier alpha value is -2.14. The fraction of sp³-hybridized carbons (Fsp3) is 0.333. The van der Waals surface area contributed by atoms with Gasteiger partial charge in [-0.15, -0.1) is 0 Å². The number of aromatic amines is 1. The first-order chi connectivity index (χ1) is 11.2. The highest BCUT2D eigenvalue weighted by atomic mass is 32.1. The largest absolute Gasteiger partial charge is 0.493 e. The Bertz CT molecular complexity index is 842. The predicted molar refractivity (Wildman–Crippen MR) is 98.0 cm³/mol. The number of aromatic hydroxyl groups is 1. The van der Waals surface area contributed by atoms with Crippen molar-refractivity contribution in [1.29, 1.82) is 0 Å². The molecular weight excluding hydrogens is 306 g/mol. The number of nitrogens with one attached hydrogen (secondary N) is 1. The molecule has 0 unspecified atom stereocenters. The molecule has 3 rings (SSSR count). The van der Waals surface area contributed by atoms with Crippen LogP contribution in [0, 0.1) is 4.77 Å². The highest BCUT2D eigenvalue weighted by Gasteiger charge is 2.16. The lowest BCUT2D eigenvalue weighted by atomic mass is 10.0. The van der Waals surface area contributed by atoms with E-state index < -0.39 is 0 Å². The molecule has 2 aromatic rings. The van der Waals surface area contributed by atoms with Crippen molar-refractivity contribution in [3.8, 4) is 5.88 Å². The van der Waals surface area contributed by atoms with Crippen molar-refractivity contribution in [1.82, 2.24) is 9.55 Å². The number of unbranched alkanes of at least 4 members (excludes halogenated alkanes) is 1. The van der Waals surface area contributed by atoms with E-state index in [1.54, 1.807) is 4.57 Å². The van der Waals surface area contributed by atoms with Gasteiger partial charge in [0.15, 0.2) is 4.77 Å². The molecule has 23 heavy (non-hydrogen) atoms. The minimum Gasteiger partial charge on any atom is -0.493 e. The number of rotatable bonds is 5. The Morgan fingerprint density at radius 1 is 1.35 bits per heavy atom. The first-order valence-electron chi connectivity index (χ1n) is 8.05. The molecule has 0 saturated carbocycles. The minimum atomic E-state index is 0.199. The first-order valence-corrected chi connectivity index (χ1v) is 8.46. The second-order valence-electron chi connectivity index (χ2n) is 5.70. The van der Waals surface area contributed by atoms with Gasteiger partial charge in [0.25, 0.3) is 0 Å². The molecule has 0 aliphatic carbocycles. The number of aromatic nitrogens is 2. The first kappa shape index (κ1) is 15.7. The Labute approximate surface area is 141 Å². The topological polar surface area (TPSA) is 53.3 Å².